The van der Waals surface area contributed by atoms with Gasteiger partial charge < -0.3 is 5.32 Å². The third-order valence-corrected chi connectivity index (χ3v) is 3.84. The SMILES string of the molecule is CCCC(Br)CNC(=O)c1nn(C)c2ccccc12. The summed E-state index contributed by atoms with van der Waals surface area (Å²) >= 11 is 3.55. The van der Waals surface area contributed by atoms with Gasteiger partial charge in [-0.3, -0.25) is 9.48 Å². The van der Waals surface area contributed by atoms with Gasteiger partial charge in [-0.05, 0) is 12.5 Å². The van der Waals surface area contributed by atoms with Crippen LogP contribution in [0.15, 0.2) is 24.3 Å². The lowest BCUT2D eigenvalue weighted by atomic mass is 10.2. The number of hydrogen-bond acceptors (Lipinski definition) is 2. The second kappa shape index (κ2) is 6.19. The van der Waals surface area contributed by atoms with Gasteiger partial charge in [-0.1, -0.05) is 47.5 Å². The van der Waals surface area contributed by atoms with Gasteiger partial charge in [-0.15, -0.1) is 0 Å². The summed E-state index contributed by atoms with van der Waals surface area (Å²) in [5.41, 5.74) is 1.46. The second-order valence-electron chi connectivity index (χ2n) is 4.59. The summed E-state index contributed by atoms with van der Waals surface area (Å²) in [5, 5.41) is 8.12. The Balaban J connectivity index is 2.13. The Bertz CT molecular complexity index is 579. The quantitative estimate of drug-likeness (QED) is 0.860. The van der Waals surface area contributed by atoms with Gasteiger partial charge >= 0.3 is 0 Å². The number of aromatic nitrogens is 2. The molecular weight excluding hydrogens is 306 g/mol. The molecule has 1 unspecified atom stereocenters. The fourth-order valence-electron chi connectivity index (χ4n) is 2.08. The van der Waals surface area contributed by atoms with E-state index in [9.17, 15) is 4.79 Å². The van der Waals surface area contributed by atoms with E-state index < -0.39 is 0 Å². The van der Waals surface area contributed by atoms with E-state index in [1.165, 1.54) is 0 Å². The summed E-state index contributed by atoms with van der Waals surface area (Å²) in [5.74, 6) is -0.114. The van der Waals surface area contributed by atoms with Crippen LogP contribution in [-0.2, 0) is 7.05 Å². The van der Waals surface area contributed by atoms with E-state index in [0.717, 1.165) is 23.7 Å². The zero-order valence-corrected chi connectivity index (χ0v) is 12.8. The maximum Gasteiger partial charge on any atom is 0.272 e. The first-order chi connectivity index (χ1) is 9.13. The predicted molar refractivity (Wildman–Crippen MR) is 80.7 cm³/mol. The van der Waals surface area contributed by atoms with Gasteiger partial charge in [0.15, 0.2) is 5.69 Å². The molecule has 0 saturated heterocycles. The summed E-state index contributed by atoms with van der Waals surface area (Å²) in [4.78, 5) is 12.5. The van der Waals surface area contributed by atoms with Gasteiger partial charge in [0.2, 0.25) is 0 Å². The number of aryl methyl sites for hydroxylation is 1. The number of hydrogen-bond donors (Lipinski definition) is 1. The first kappa shape index (κ1) is 14.1. The van der Waals surface area contributed by atoms with Gasteiger partial charge in [0.05, 0.1) is 5.52 Å². The monoisotopic (exact) mass is 323 g/mol. The van der Waals surface area contributed by atoms with Crippen molar-refractivity contribution in [3.63, 3.8) is 0 Å². The summed E-state index contributed by atoms with van der Waals surface area (Å²) in [6.45, 7) is 2.75. The van der Waals surface area contributed by atoms with Crippen LogP contribution in [0.4, 0.5) is 0 Å². The number of nitrogens with one attached hydrogen (secondary N) is 1. The standard InChI is InChI=1S/C14H18BrN3O/c1-3-6-10(15)9-16-14(19)13-11-7-4-5-8-12(11)18(2)17-13/h4-5,7-8,10H,3,6,9H2,1-2H3,(H,16,19). The fourth-order valence-corrected chi connectivity index (χ4v) is 2.70. The smallest absolute Gasteiger partial charge is 0.272 e. The molecule has 1 atom stereocenters. The van der Waals surface area contributed by atoms with Crippen LogP contribution in [0.25, 0.3) is 10.9 Å². The minimum absolute atomic E-state index is 0.114. The number of carbonyl (C=O) groups is 1. The molecule has 1 aromatic heterocycles. The Kier molecular flexibility index (Phi) is 4.58. The molecule has 19 heavy (non-hydrogen) atoms. The zero-order chi connectivity index (χ0) is 13.8. The number of fused-ring (bicyclic) bond motifs is 1. The number of rotatable bonds is 5. The maximum atomic E-state index is 12.2. The molecule has 1 amide bonds. The second-order valence-corrected chi connectivity index (χ2v) is 5.88. The molecule has 0 aliphatic rings. The minimum Gasteiger partial charge on any atom is -0.349 e. The third-order valence-electron chi connectivity index (χ3n) is 3.06. The maximum absolute atomic E-state index is 12.2. The van der Waals surface area contributed by atoms with Crippen molar-refractivity contribution in [1.29, 1.82) is 0 Å². The summed E-state index contributed by atoms with van der Waals surface area (Å²) < 4.78 is 1.74. The highest BCUT2D eigenvalue weighted by atomic mass is 79.9. The fraction of sp³-hybridized carbons (Fsp3) is 0.429. The van der Waals surface area contributed by atoms with Crippen LogP contribution < -0.4 is 5.32 Å². The van der Waals surface area contributed by atoms with Crippen molar-refractivity contribution in [3.8, 4) is 0 Å². The molecule has 0 bridgehead atoms. The van der Waals surface area contributed by atoms with E-state index in [2.05, 4.69) is 33.3 Å². The average Bonchev–Trinajstić information content (AvgIpc) is 2.75. The molecule has 1 heterocycles. The van der Waals surface area contributed by atoms with E-state index in [0.29, 0.717) is 17.1 Å². The lowest BCUT2D eigenvalue weighted by molar-refractivity contribution is 0.0949. The van der Waals surface area contributed by atoms with Crippen LogP contribution in [0.1, 0.15) is 30.3 Å². The normalized spacial score (nSPS) is 12.6. The molecule has 0 aliphatic carbocycles. The number of nitrogens with zero attached hydrogens (tertiary/aromatic N) is 2. The van der Waals surface area contributed by atoms with Crippen molar-refractivity contribution in [1.82, 2.24) is 15.1 Å². The molecule has 0 fully saturated rings. The Morgan fingerprint density at radius 1 is 1.47 bits per heavy atom. The Morgan fingerprint density at radius 3 is 2.95 bits per heavy atom. The molecule has 102 valence electrons. The third kappa shape index (κ3) is 3.15. The first-order valence-corrected chi connectivity index (χ1v) is 7.39. The Morgan fingerprint density at radius 2 is 2.21 bits per heavy atom. The van der Waals surface area contributed by atoms with E-state index in [4.69, 9.17) is 0 Å². The van der Waals surface area contributed by atoms with Gasteiger partial charge in [-0.25, -0.2) is 0 Å². The number of carbonyl (C=O) groups excluding carboxylic acids is 1. The lowest BCUT2D eigenvalue weighted by Crippen LogP contribution is -2.30. The highest BCUT2D eigenvalue weighted by Crippen LogP contribution is 2.17. The number of amides is 1. The molecule has 2 aromatic rings. The van der Waals surface area contributed by atoms with Gasteiger partial charge in [0.25, 0.3) is 5.91 Å². The van der Waals surface area contributed by atoms with Crippen molar-refractivity contribution in [2.75, 3.05) is 6.54 Å². The molecule has 4 nitrogen and oxygen atoms in total. The summed E-state index contributed by atoms with van der Waals surface area (Å²) in [7, 11) is 1.85. The van der Waals surface area contributed by atoms with E-state index in [1.54, 1.807) is 4.68 Å². The van der Waals surface area contributed by atoms with Gasteiger partial charge in [0, 0.05) is 23.8 Å². The van der Waals surface area contributed by atoms with Crippen LogP contribution in [0.5, 0.6) is 0 Å². The highest BCUT2D eigenvalue weighted by molar-refractivity contribution is 9.09. The lowest BCUT2D eigenvalue weighted by Gasteiger charge is -2.08. The highest BCUT2D eigenvalue weighted by Gasteiger charge is 2.16. The van der Waals surface area contributed by atoms with Crippen molar-refractivity contribution in [3.05, 3.63) is 30.0 Å². The molecule has 2 rings (SSSR count). The zero-order valence-electron chi connectivity index (χ0n) is 11.2. The molecule has 0 radical (unpaired) electrons. The number of halogens is 1. The van der Waals surface area contributed by atoms with Crippen LogP contribution in [0.2, 0.25) is 0 Å². The van der Waals surface area contributed by atoms with Crippen molar-refractivity contribution in [2.24, 2.45) is 7.05 Å². The summed E-state index contributed by atoms with van der Waals surface area (Å²) in [6, 6.07) is 7.75. The first-order valence-electron chi connectivity index (χ1n) is 6.47. The van der Waals surface area contributed by atoms with Gasteiger partial charge in [-0.2, -0.15) is 5.10 Å². The van der Waals surface area contributed by atoms with Crippen LogP contribution in [0.3, 0.4) is 0 Å². The van der Waals surface area contributed by atoms with E-state index in [1.807, 2.05) is 31.3 Å². The molecule has 5 heteroatoms. The van der Waals surface area contributed by atoms with Crippen molar-refractivity contribution < 1.29 is 4.79 Å². The minimum atomic E-state index is -0.114. The molecule has 1 N–H and O–H groups in total. The number of benzene rings is 1. The van der Waals surface area contributed by atoms with E-state index >= 15 is 0 Å². The number of para-hydroxylation sites is 1. The molecule has 0 saturated carbocycles. The van der Waals surface area contributed by atoms with Crippen molar-refractivity contribution in [2.45, 2.75) is 24.6 Å². The van der Waals surface area contributed by atoms with Crippen LogP contribution in [0, 0.1) is 0 Å². The van der Waals surface area contributed by atoms with Crippen LogP contribution in [-0.4, -0.2) is 27.1 Å². The Hall–Kier alpha value is -1.36. The topological polar surface area (TPSA) is 46.9 Å². The van der Waals surface area contributed by atoms with Crippen molar-refractivity contribution >= 4 is 32.7 Å². The molecule has 0 aliphatic heterocycles. The van der Waals surface area contributed by atoms with E-state index in [-0.39, 0.29) is 5.91 Å². The van der Waals surface area contributed by atoms with Gasteiger partial charge in [0.1, 0.15) is 0 Å². The largest absolute Gasteiger partial charge is 0.349 e. The molecule has 1 aromatic carbocycles. The van der Waals surface area contributed by atoms with Crippen LogP contribution >= 0.6 is 15.9 Å². The predicted octanol–water partition coefficient (Wildman–Crippen LogP) is 2.87. The number of alkyl halides is 1. The molecule has 0 spiro atoms. The average molecular weight is 324 g/mol. The molecular formula is C14H18BrN3O. The Labute approximate surface area is 121 Å². The summed E-state index contributed by atoms with van der Waals surface area (Å²) in [6.07, 6.45) is 2.14.